The maximum absolute atomic E-state index is 12.2. The van der Waals surface area contributed by atoms with Crippen LogP contribution in [0, 0.1) is 0 Å². The zero-order valence-corrected chi connectivity index (χ0v) is 17.7. The quantitative estimate of drug-likeness (QED) is 0.578. The highest BCUT2D eigenvalue weighted by molar-refractivity contribution is 6.06. The first-order valence-electron chi connectivity index (χ1n) is 10.5. The maximum Gasteiger partial charge on any atom is 0.336 e. The number of para-hydroxylation sites is 1. The van der Waals surface area contributed by atoms with Crippen LogP contribution in [0.1, 0.15) is 40.5 Å². The number of pyridine rings is 1. The SMILES string of the molecule is CCN1C/C(=C/c2cccc(OCCC(=O)O)c2)c2nc3ccccc3c(C(=O)O)c2C1. The van der Waals surface area contributed by atoms with Crippen LogP contribution < -0.4 is 4.74 Å². The van der Waals surface area contributed by atoms with Crippen molar-refractivity contribution in [3.8, 4) is 5.75 Å². The molecule has 0 unspecified atom stereocenters. The highest BCUT2D eigenvalue weighted by Crippen LogP contribution is 2.34. The molecule has 7 heteroatoms. The molecule has 0 spiro atoms. The summed E-state index contributed by atoms with van der Waals surface area (Å²) < 4.78 is 5.55. The van der Waals surface area contributed by atoms with Gasteiger partial charge in [-0.2, -0.15) is 0 Å². The normalized spacial score (nSPS) is 15.0. The lowest BCUT2D eigenvalue weighted by molar-refractivity contribution is -0.137. The topological polar surface area (TPSA) is 100.0 Å². The van der Waals surface area contributed by atoms with Gasteiger partial charge in [-0.05, 0) is 42.0 Å². The third-order valence-electron chi connectivity index (χ3n) is 5.52. The monoisotopic (exact) mass is 432 g/mol. The number of carboxylic acids is 2. The van der Waals surface area contributed by atoms with Gasteiger partial charge in [0.05, 0.1) is 29.8 Å². The molecule has 4 rings (SSSR count). The van der Waals surface area contributed by atoms with Crippen molar-refractivity contribution < 1.29 is 24.5 Å². The summed E-state index contributed by atoms with van der Waals surface area (Å²) in [4.78, 5) is 30.0. The van der Waals surface area contributed by atoms with Crippen molar-refractivity contribution >= 4 is 34.5 Å². The molecule has 164 valence electrons. The number of benzene rings is 2. The number of hydrogen-bond acceptors (Lipinski definition) is 5. The number of nitrogens with zero attached hydrogens (tertiary/aromatic N) is 2. The van der Waals surface area contributed by atoms with Gasteiger partial charge in [-0.1, -0.05) is 37.3 Å². The molecule has 0 bridgehead atoms. The van der Waals surface area contributed by atoms with Gasteiger partial charge in [0.2, 0.25) is 0 Å². The van der Waals surface area contributed by atoms with E-state index in [9.17, 15) is 14.7 Å². The van der Waals surface area contributed by atoms with Crippen LogP contribution in [-0.2, 0) is 11.3 Å². The van der Waals surface area contributed by atoms with E-state index in [1.165, 1.54) is 0 Å². The average Bonchev–Trinajstić information content (AvgIpc) is 2.77. The lowest BCUT2D eigenvalue weighted by Gasteiger charge is -2.30. The molecule has 0 radical (unpaired) electrons. The van der Waals surface area contributed by atoms with E-state index in [4.69, 9.17) is 14.8 Å². The first-order chi connectivity index (χ1) is 15.5. The molecule has 2 N–H and O–H groups in total. The van der Waals surface area contributed by atoms with Crippen molar-refractivity contribution in [2.45, 2.75) is 19.9 Å². The molecule has 2 heterocycles. The van der Waals surface area contributed by atoms with E-state index < -0.39 is 11.9 Å². The van der Waals surface area contributed by atoms with Crippen molar-refractivity contribution in [1.29, 1.82) is 0 Å². The summed E-state index contributed by atoms with van der Waals surface area (Å²) in [5.41, 5.74) is 4.21. The van der Waals surface area contributed by atoms with Crippen LogP contribution >= 0.6 is 0 Å². The molecule has 1 aromatic heterocycles. The van der Waals surface area contributed by atoms with E-state index >= 15 is 0 Å². The Kier molecular flexibility index (Phi) is 6.18. The van der Waals surface area contributed by atoms with E-state index in [0.717, 1.165) is 23.2 Å². The smallest absolute Gasteiger partial charge is 0.336 e. The zero-order chi connectivity index (χ0) is 22.7. The second kappa shape index (κ2) is 9.20. The highest BCUT2D eigenvalue weighted by Gasteiger charge is 2.27. The predicted molar refractivity (Wildman–Crippen MR) is 122 cm³/mol. The molecular weight excluding hydrogens is 408 g/mol. The van der Waals surface area contributed by atoms with Crippen LogP contribution in [0.25, 0.3) is 22.6 Å². The van der Waals surface area contributed by atoms with Crippen LogP contribution in [0.5, 0.6) is 5.75 Å². The third-order valence-corrected chi connectivity index (χ3v) is 5.52. The average molecular weight is 432 g/mol. The molecule has 32 heavy (non-hydrogen) atoms. The molecule has 7 nitrogen and oxygen atoms in total. The number of ether oxygens (including phenoxy) is 1. The summed E-state index contributed by atoms with van der Waals surface area (Å²) in [7, 11) is 0. The first kappa shape index (κ1) is 21.5. The minimum Gasteiger partial charge on any atom is -0.493 e. The van der Waals surface area contributed by atoms with E-state index in [2.05, 4.69) is 11.8 Å². The third kappa shape index (κ3) is 4.48. The standard InChI is InChI=1S/C25H24N2O5/c1-2-27-14-17(12-16-6-5-7-18(13-16)32-11-10-22(28)29)24-20(15-27)23(25(30)31)19-8-3-4-9-21(19)26-24/h3-9,12-13H,2,10-11,14-15H2,1H3,(H,28,29)(H,30,31)/b17-12-. The molecule has 0 aliphatic carbocycles. The van der Waals surface area contributed by atoms with E-state index in [0.29, 0.717) is 41.0 Å². The molecule has 2 aromatic carbocycles. The Morgan fingerprint density at radius 2 is 1.94 bits per heavy atom. The lowest BCUT2D eigenvalue weighted by atomic mass is 9.92. The Bertz CT molecular complexity index is 1220. The molecular formula is C25H24N2O5. The Hall–Kier alpha value is -3.71. The minimum atomic E-state index is -0.953. The summed E-state index contributed by atoms with van der Waals surface area (Å²) in [5, 5.41) is 19.4. The molecule has 0 amide bonds. The number of carbonyl (C=O) groups is 2. The van der Waals surface area contributed by atoms with E-state index in [1.807, 2.05) is 42.5 Å². The molecule has 0 saturated heterocycles. The van der Waals surface area contributed by atoms with E-state index in [-0.39, 0.29) is 13.0 Å². The summed E-state index contributed by atoms with van der Waals surface area (Å²) >= 11 is 0. The second-order valence-electron chi connectivity index (χ2n) is 7.67. The fourth-order valence-corrected chi connectivity index (χ4v) is 4.00. The largest absolute Gasteiger partial charge is 0.493 e. The van der Waals surface area contributed by atoms with Crippen molar-refractivity contribution in [3.05, 3.63) is 70.9 Å². The number of fused-ring (bicyclic) bond motifs is 2. The Balaban J connectivity index is 1.79. The van der Waals surface area contributed by atoms with Crippen LogP contribution in [-0.4, -0.2) is 51.7 Å². The van der Waals surface area contributed by atoms with Crippen LogP contribution in [0.15, 0.2) is 48.5 Å². The van der Waals surface area contributed by atoms with Gasteiger partial charge in [0, 0.05) is 24.0 Å². The molecule has 3 aromatic rings. The van der Waals surface area contributed by atoms with E-state index in [1.54, 1.807) is 12.1 Å². The fourth-order valence-electron chi connectivity index (χ4n) is 4.00. The predicted octanol–water partition coefficient (Wildman–Crippen LogP) is 4.16. The number of hydrogen-bond donors (Lipinski definition) is 2. The Morgan fingerprint density at radius 3 is 2.69 bits per heavy atom. The zero-order valence-electron chi connectivity index (χ0n) is 17.7. The van der Waals surface area contributed by atoms with Crippen LogP contribution in [0.2, 0.25) is 0 Å². The highest BCUT2D eigenvalue weighted by atomic mass is 16.5. The van der Waals surface area contributed by atoms with Crippen molar-refractivity contribution in [3.63, 3.8) is 0 Å². The first-order valence-corrected chi connectivity index (χ1v) is 10.5. The minimum absolute atomic E-state index is 0.0703. The van der Waals surface area contributed by atoms with Crippen molar-refractivity contribution in [2.24, 2.45) is 0 Å². The summed E-state index contributed by atoms with van der Waals surface area (Å²) in [6, 6.07) is 14.7. The fraction of sp³-hybridized carbons (Fsp3) is 0.240. The number of aromatic carboxylic acids is 1. The number of aromatic nitrogens is 1. The molecule has 0 fully saturated rings. The number of carboxylic acid groups (broad SMARTS) is 2. The van der Waals surface area contributed by atoms with Crippen molar-refractivity contribution in [1.82, 2.24) is 9.88 Å². The molecule has 1 aliphatic heterocycles. The number of likely N-dealkylation sites (N-methyl/N-ethyl adjacent to an activating group) is 1. The van der Waals surface area contributed by atoms with Gasteiger partial charge in [0.1, 0.15) is 5.75 Å². The maximum atomic E-state index is 12.2. The Labute approximate surface area is 185 Å². The van der Waals surface area contributed by atoms with Crippen molar-refractivity contribution in [2.75, 3.05) is 19.7 Å². The summed E-state index contributed by atoms with van der Waals surface area (Å²) in [5.74, 6) is -1.28. The lowest BCUT2D eigenvalue weighted by Crippen LogP contribution is -2.31. The van der Waals surface area contributed by atoms with Crippen LogP contribution in [0.3, 0.4) is 0 Å². The molecule has 0 atom stereocenters. The molecule has 0 saturated carbocycles. The van der Waals surface area contributed by atoms with Gasteiger partial charge in [-0.15, -0.1) is 0 Å². The van der Waals surface area contributed by atoms with Gasteiger partial charge in [0.25, 0.3) is 0 Å². The summed E-state index contributed by atoms with van der Waals surface area (Å²) in [6.07, 6.45) is 1.93. The van der Waals surface area contributed by atoms with Gasteiger partial charge in [0.15, 0.2) is 0 Å². The Morgan fingerprint density at radius 1 is 1.12 bits per heavy atom. The van der Waals surface area contributed by atoms with Gasteiger partial charge in [-0.25, -0.2) is 9.78 Å². The number of rotatable bonds is 7. The molecule has 1 aliphatic rings. The van der Waals surface area contributed by atoms with Gasteiger partial charge < -0.3 is 14.9 Å². The van der Waals surface area contributed by atoms with Gasteiger partial charge in [-0.3, -0.25) is 9.69 Å². The second-order valence-corrected chi connectivity index (χ2v) is 7.67. The summed E-state index contributed by atoms with van der Waals surface area (Å²) in [6.45, 7) is 4.10. The van der Waals surface area contributed by atoms with Gasteiger partial charge >= 0.3 is 11.9 Å². The number of aliphatic carboxylic acids is 1. The van der Waals surface area contributed by atoms with Crippen LogP contribution in [0.4, 0.5) is 0 Å².